The molecule has 6 nitrogen and oxygen atoms in total. The monoisotopic (exact) mass is 289 g/mol. The van der Waals surface area contributed by atoms with E-state index in [1.807, 2.05) is 17.0 Å². The third-order valence-electron chi connectivity index (χ3n) is 3.98. The number of hydrogen-bond acceptors (Lipinski definition) is 4. The molecule has 2 atom stereocenters. The predicted octanol–water partition coefficient (Wildman–Crippen LogP) is 0.193. The molecule has 0 spiro atoms. The van der Waals surface area contributed by atoms with Gasteiger partial charge in [-0.25, -0.2) is 0 Å². The maximum atomic E-state index is 12.2. The molecule has 2 aliphatic rings. The fourth-order valence-electron chi connectivity index (χ4n) is 2.60. The number of hydrogen-bond donors (Lipinski definition) is 1. The second kappa shape index (κ2) is 6.22. The minimum Gasteiger partial charge on any atom is -0.378 e. The summed E-state index contributed by atoms with van der Waals surface area (Å²) >= 11 is 0. The first-order valence-corrected chi connectivity index (χ1v) is 7.29. The number of ether oxygens (including phenoxy) is 1. The zero-order valence-corrected chi connectivity index (χ0v) is 11.8. The van der Waals surface area contributed by atoms with Crippen molar-refractivity contribution in [1.82, 2.24) is 15.2 Å². The Morgan fingerprint density at radius 2 is 1.95 bits per heavy atom. The second-order valence-electron chi connectivity index (χ2n) is 5.46. The Morgan fingerprint density at radius 1 is 1.24 bits per heavy atom. The summed E-state index contributed by atoms with van der Waals surface area (Å²) in [6, 6.07) is 3.73. The summed E-state index contributed by atoms with van der Waals surface area (Å²) < 4.78 is 5.23. The minimum atomic E-state index is -0.165. The number of carbonyl (C=O) groups excluding carboxylic acids is 2. The van der Waals surface area contributed by atoms with Crippen LogP contribution in [0, 0.1) is 11.8 Å². The molecule has 2 amide bonds. The highest BCUT2D eigenvalue weighted by molar-refractivity contribution is 5.92. The first kappa shape index (κ1) is 14.0. The van der Waals surface area contributed by atoms with Crippen LogP contribution in [0.1, 0.15) is 12.0 Å². The van der Waals surface area contributed by atoms with Crippen molar-refractivity contribution in [1.29, 1.82) is 0 Å². The lowest BCUT2D eigenvalue weighted by Crippen LogP contribution is -2.42. The van der Waals surface area contributed by atoms with Crippen LogP contribution < -0.4 is 5.32 Å². The van der Waals surface area contributed by atoms with E-state index in [0.29, 0.717) is 39.3 Å². The third-order valence-corrected chi connectivity index (χ3v) is 3.98. The maximum absolute atomic E-state index is 12.2. The van der Waals surface area contributed by atoms with Crippen LogP contribution in [0.3, 0.4) is 0 Å². The third kappa shape index (κ3) is 3.39. The molecule has 1 aromatic rings. The standard InChI is InChI=1S/C15H19N3O3/c19-14(17-10-11-1-3-16-4-2-11)12-9-13(12)15(20)18-5-7-21-8-6-18/h1-4,12-13H,5-10H2,(H,17,19). The summed E-state index contributed by atoms with van der Waals surface area (Å²) in [6.07, 6.45) is 4.06. The normalized spacial score (nSPS) is 24.5. The van der Waals surface area contributed by atoms with Crippen molar-refractivity contribution in [2.75, 3.05) is 26.3 Å². The van der Waals surface area contributed by atoms with Gasteiger partial charge >= 0.3 is 0 Å². The van der Waals surface area contributed by atoms with E-state index in [2.05, 4.69) is 10.3 Å². The molecule has 21 heavy (non-hydrogen) atoms. The molecule has 1 N–H and O–H groups in total. The van der Waals surface area contributed by atoms with Gasteiger partial charge in [-0.05, 0) is 24.1 Å². The molecule has 1 aliphatic carbocycles. The number of rotatable bonds is 4. The van der Waals surface area contributed by atoms with Crippen molar-refractivity contribution < 1.29 is 14.3 Å². The van der Waals surface area contributed by atoms with E-state index in [0.717, 1.165) is 5.56 Å². The van der Waals surface area contributed by atoms with E-state index in [9.17, 15) is 9.59 Å². The van der Waals surface area contributed by atoms with E-state index < -0.39 is 0 Å². The number of nitrogens with zero attached hydrogens (tertiary/aromatic N) is 2. The summed E-state index contributed by atoms with van der Waals surface area (Å²) in [5.41, 5.74) is 1.01. The Hall–Kier alpha value is -1.95. The van der Waals surface area contributed by atoms with Crippen molar-refractivity contribution >= 4 is 11.8 Å². The van der Waals surface area contributed by atoms with Gasteiger partial charge in [-0.3, -0.25) is 14.6 Å². The molecule has 2 heterocycles. The van der Waals surface area contributed by atoms with Crippen LogP contribution in [0.2, 0.25) is 0 Å². The van der Waals surface area contributed by atoms with Crippen LogP contribution in [-0.4, -0.2) is 48.0 Å². The van der Waals surface area contributed by atoms with Crippen molar-refractivity contribution in [2.45, 2.75) is 13.0 Å². The van der Waals surface area contributed by atoms with E-state index in [1.165, 1.54) is 0 Å². The first-order valence-electron chi connectivity index (χ1n) is 7.29. The summed E-state index contributed by atoms with van der Waals surface area (Å²) in [4.78, 5) is 30.0. The zero-order valence-electron chi connectivity index (χ0n) is 11.8. The molecular formula is C15H19N3O3. The molecule has 1 saturated carbocycles. The number of morpholine rings is 1. The molecule has 0 bridgehead atoms. The summed E-state index contributed by atoms with van der Waals surface area (Å²) in [5, 5.41) is 2.89. The van der Waals surface area contributed by atoms with Gasteiger partial charge in [0.25, 0.3) is 0 Å². The van der Waals surface area contributed by atoms with Crippen LogP contribution in [0.15, 0.2) is 24.5 Å². The van der Waals surface area contributed by atoms with Crippen molar-refractivity contribution in [3.05, 3.63) is 30.1 Å². The first-order chi connectivity index (χ1) is 10.3. The summed E-state index contributed by atoms with van der Waals surface area (Å²) in [6.45, 7) is 2.95. The van der Waals surface area contributed by atoms with Gasteiger partial charge in [-0.15, -0.1) is 0 Å². The number of aromatic nitrogens is 1. The number of amides is 2. The van der Waals surface area contributed by atoms with E-state index >= 15 is 0 Å². The van der Waals surface area contributed by atoms with Gasteiger partial charge in [0.05, 0.1) is 25.0 Å². The molecule has 0 aromatic carbocycles. The Bertz CT molecular complexity index is 514. The van der Waals surface area contributed by atoms with Crippen molar-refractivity contribution in [2.24, 2.45) is 11.8 Å². The van der Waals surface area contributed by atoms with Gasteiger partial charge in [0, 0.05) is 32.0 Å². The minimum absolute atomic E-state index is 0.0292. The lowest BCUT2D eigenvalue weighted by Gasteiger charge is -2.27. The van der Waals surface area contributed by atoms with Gasteiger partial charge in [-0.1, -0.05) is 0 Å². The van der Waals surface area contributed by atoms with E-state index in [-0.39, 0.29) is 23.7 Å². The molecule has 2 unspecified atom stereocenters. The Kier molecular flexibility index (Phi) is 4.15. The number of pyridine rings is 1. The molecular weight excluding hydrogens is 270 g/mol. The highest BCUT2D eigenvalue weighted by Gasteiger charge is 2.49. The molecule has 3 rings (SSSR count). The van der Waals surface area contributed by atoms with E-state index in [4.69, 9.17) is 4.74 Å². The molecule has 112 valence electrons. The average molecular weight is 289 g/mol. The molecule has 0 radical (unpaired) electrons. The van der Waals surface area contributed by atoms with Crippen molar-refractivity contribution in [3.63, 3.8) is 0 Å². The average Bonchev–Trinajstić information content (AvgIpc) is 3.34. The molecule has 1 saturated heterocycles. The molecule has 1 aliphatic heterocycles. The van der Waals surface area contributed by atoms with Crippen LogP contribution >= 0.6 is 0 Å². The lowest BCUT2D eigenvalue weighted by atomic mass is 10.2. The molecule has 2 fully saturated rings. The van der Waals surface area contributed by atoms with Gasteiger partial charge in [0.15, 0.2) is 0 Å². The summed E-state index contributed by atoms with van der Waals surface area (Å²) in [5.74, 6) is -0.233. The molecule has 6 heteroatoms. The van der Waals surface area contributed by atoms with Gasteiger partial charge in [0.2, 0.25) is 11.8 Å². The van der Waals surface area contributed by atoms with E-state index in [1.54, 1.807) is 12.4 Å². The Morgan fingerprint density at radius 3 is 2.67 bits per heavy atom. The Labute approximate surface area is 123 Å². The lowest BCUT2D eigenvalue weighted by molar-refractivity contribution is -0.138. The van der Waals surface area contributed by atoms with Crippen LogP contribution in [0.4, 0.5) is 0 Å². The number of nitrogens with one attached hydrogen (secondary N) is 1. The molecule has 1 aromatic heterocycles. The van der Waals surface area contributed by atoms with Crippen LogP contribution in [0.5, 0.6) is 0 Å². The largest absolute Gasteiger partial charge is 0.378 e. The van der Waals surface area contributed by atoms with Crippen molar-refractivity contribution in [3.8, 4) is 0 Å². The quantitative estimate of drug-likeness (QED) is 0.859. The highest BCUT2D eigenvalue weighted by Crippen LogP contribution is 2.40. The number of carbonyl (C=O) groups is 2. The Balaban J connectivity index is 1.46. The topological polar surface area (TPSA) is 71.5 Å². The summed E-state index contributed by atoms with van der Waals surface area (Å²) in [7, 11) is 0. The van der Waals surface area contributed by atoms with Gasteiger partial charge in [-0.2, -0.15) is 0 Å². The van der Waals surface area contributed by atoms with Gasteiger partial charge < -0.3 is 15.0 Å². The fourth-order valence-corrected chi connectivity index (χ4v) is 2.60. The highest BCUT2D eigenvalue weighted by atomic mass is 16.5. The maximum Gasteiger partial charge on any atom is 0.226 e. The van der Waals surface area contributed by atoms with Crippen LogP contribution in [0.25, 0.3) is 0 Å². The second-order valence-corrected chi connectivity index (χ2v) is 5.46. The predicted molar refractivity (Wildman–Crippen MR) is 75.1 cm³/mol. The smallest absolute Gasteiger partial charge is 0.226 e. The van der Waals surface area contributed by atoms with Gasteiger partial charge in [0.1, 0.15) is 0 Å². The fraction of sp³-hybridized carbons (Fsp3) is 0.533. The van der Waals surface area contributed by atoms with Crippen LogP contribution in [-0.2, 0) is 20.9 Å². The zero-order chi connectivity index (χ0) is 14.7. The SMILES string of the molecule is O=C(NCc1ccncc1)C1CC1C(=O)N1CCOCC1.